The largest absolute Gasteiger partial charge is 0.493 e. The Kier molecular flexibility index (Phi) is 16.6. The van der Waals surface area contributed by atoms with E-state index in [2.05, 4.69) is 5.32 Å². The highest BCUT2D eigenvalue weighted by Crippen LogP contribution is 2.48. The number of methoxy groups -OCH3 is 4. The molecule has 15 heteroatoms. The molecular weight excluding hydrogens is 584 g/mol. The predicted octanol–water partition coefficient (Wildman–Crippen LogP) is 1.37. The molecule has 244 valence electrons. The zero-order valence-corrected chi connectivity index (χ0v) is 25.6. The van der Waals surface area contributed by atoms with E-state index in [9.17, 15) is 19.2 Å². The highest BCUT2D eigenvalue weighted by atomic mass is 16.5. The molecule has 0 saturated carbocycles. The molecule has 0 bridgehead atoms. The van der Waals surface area contributed by atoms with Gasteiger partial charge >= 0.3 is 23.9 Å². The Labute approximate surface area is 255 Å². The number of ether oxygens (including phenoxy) is 7. The molecule has 0 amide bonds. The van der Waals surface area contributed by atoms with Gasteiger partial charge in [-0.05, 0) is 19.9 Å². The van der Waals surface area contributed by atoms with E-state index >= 15 is 0 Å². The summed E-state index contributed by atoms with van der Waals surface area (Å²) in [4.78, 5) is 45.4. The van der Waals surface area contributed by atoms with Gasteiger partial charge in [-0.2, -0.15) is 0 Å². The molecular formula is C29H40N2O13. The number of hydrogen-bond donors (Lipinski definition) is 4. The summed E-state index contributed by atoms with van der Waals surface area (Å²) < 4.78 is 38.2. The highest BCUT2D eigenvalue weighted by Gasteiger charge is 2.41. The SMILES string of the molecule is CCOC(=O)C1=C(COCCOCCN)NC(C)=C(C(=O)OC)[C@H]1c1ccc(OC)c(OC)c1OC.O=C(O)/C=C/C(=O)O. The molecule has 0 radical (unpaired) electrons. The van der Waals surface area contributed by atoms with Gasteiger partial charge in [0.2, 0.25) is 5.75 Å². The van der Waals surface area contributed by atoms with Crippen molar-refractivity contribution in [2.24, 2.45) is 5.73 Å². The van der Waals surface area contributed by atoms with E-state index in [1.807, 2.05) is 0 Å². The lowest BCUT2D eigenvalue weighted by Crippen LogP contribution is -2.35. The number of carboxylic acids is 2. The van der Waals surface area contributed by atoms with E-state index in [-0.39, 0.29) is 31.0 Å². The minimum atomic E-state index is -1.26. The lowest BCUT2D eigenvalue weighted by Gasteiger charge is -2.32. The van der Waals surface area contributed by atoms with Crippen molar-refractivity contribution < 1.29 is 62.5 Å². The monoisotopic (exact) mass is 624 g/mol. The zero-order valence-electron chi connectivity index (χ0n) is 25.6. The molecule has 1 aromatic rings. The number of hydrogen-bond acceptors (Lipinski definition) is 13. The second kappa shape index (κ2) is 19.6. The number of carboxylic acid groups (broad SMARTS) is 2. The number of rotatable bonds is 16. The van der Waals surface area contributed by atoms with Crippen LogP contribution in [0, 0.1) is 0 Å². The van der Waals surface area contributed by atoms with Crippen molar-refractivity contribution in [3.8, 4) is 17.2 Å². The summed E-state index contributed by atoms with van der Waals surface area (Å²) in [6.07, 6.45) is 1.12. The first-order valence-electron chi connectivity index (χ1n) is 13.3. The maximum atomic E-state index is 13.3. The number of nitrogens with two attached hydrogens (primary N) is 1. The first-order chi connectivity index (χ1) is 21.0. The molecule has 2 rings (SSSR count). The minimum Gasteiger partial charge on any atom is -0.493 e. The van der Waals surface area contributed by atoms with Crippen molar-refractivity contribution >= 4 is 23.9 Å². The molecule has 5 N–H and O–H groups in total. The molecule has 0 aliphatic carbocycles. The first kappa shape index (κ1) is 37.4. The van der Waals surface area contributed by atoms with Crippen LogP contribution < -0.4 is 25.3 Å². The average Bonchev–Trinajstić information content (AvgIpc) is 3.00. The van der Waals surface area contributed by atoms with Crippen LogP contribution in [0.2, 0.25) is 0 Å². The van der Waals surface area contributed by atoms with Crippen molar-refractivity contribution in [2.75, 3.05) is 68.0 Å². The minimum absolute atomic E-state index is 0.0397. The molecule has 44 heavy (non-hydrogen) atoms. The standard InChI is InChI=1S/C25H36N2O9.C4H4O4/c1-7-36-25(29)21-17(14-35-13-12-34-11-10-26)27-15(2)19(24(28)33-6)20(21)16-8-9-18(30-3)23(32-5)22(16)31-4;5-3(6)1-2-4(7)8/h8-9,20,27H,7,10-14,26H2,1-6H3;1-2H,(H,5,6)(H,7,8)/b;2-1+/t20-;/m1./s1. The number of carbonyl (C=O) groups excluding carboxylic acids is 2. The molecule has 1 heterocycles. The van der Waals surface area contributed by atoms with Crippen molar-refractivity contribution in [3.05, 3.63) is 52.4 Å². The number of esters is 2. The van der Waals surface area contributed by atoms with Gasteiger partial charge in [0.05, 0.1) is 84.2 Å². The van der Waals surface area contributed by atoms with E-state index < -0.39 is 29.8 Å². The van der Waals surface area contributed by atoms with Gasteiger partial charge in [-0.25, -0.2) is 19.2 Å². The van der Waals surface area contributed by atoms with Crippen molar-refractivity contribution in [2.45, 2.75) is 19.8 Å². The van der Waals surface area contributed by atoms with Crippen LogP contribution in [0.1, 0.15) is 25.3 Å². The fraction of sp³-hybridized carbons (Fsp3) is 0.448. The summed E-state index contributed by atoms with van der Waals surface area (Å²) in [5, 5.41) is 18.8. The maximum Gasteiger partial charge on any atom is 0.336 e. The fourth-order valence-electron chi connectivity index (χ4n) is 4.12. The van der Waals surface area contributed by atoms with E-state index in [1.165, 1.54) is 28.4 Å². The molecule has 1 aromatic carbocycles. The summed E-state index contributed by atoms with van der Waals surface area (Å²) in [6.45, 7) is 5.05. The average molecular weight is 625 g/mol. The van der Waals surface area contributed by atoms with Crippen LogP contribution in [0.15, 0.2) is 46.8 Å². The van der Waals surface area contributed by atoms with Gasteiger partial charge in [0.25, 0.3) is 0 Å². The van der Waals surface area contributed by atoms with E-state index in [1.54, 1.807) is 26.0 Å². The molecule has 1 aliphatic heterocycles. The maximum absolute atomic E-state index is 13.3. The number of nitrogens with one attached hydrogen (secondary N) is 1. The number of carbonyl (C=O) groups is 4. The fourth-order valence-corrected chi connectivity index (χ4v) is 4.12. The third-order valence-corrected chi connectivity index (χ3v) is 5.84. The van der Waals surface area contributed by atoms with Crippen molar-refractivity contribution in [3.63, 3.8) is 0 Å². The van der Waals surface area contributed by atoms with Crippen molar-refractivity contribution in [1.82, 2.24) is 5.32 Å². The Morgan fingerprint density at radius 1 is 0.864 bits per heavy atom. The third kappa shape index (κ3) is 10.6. The number of aliphatic carboxylic acids is 2. The highest BCUT2D eigenvalue weighted by molar-refractivity contribution is 6.00. The van der Waals surface area contributed by atoms with Gasteiger partial charge in [0.1, 0.15) is 0 Å². The van der Waals surface area contributed by atoms with Crippen LogP contribution in [0.3, 0.4) is 0 Å². The first-order valence-corrected chi connectivity index (χ1v) is 13.3. The van der Waals surface area contributed by atoms with E-state index in [0.717, 1.165) is 0 Å². The summed E-state index contributed by atoms with van der Waals surface area (Å²) in [7, 11) is 5.72. The van der Waals surface area contributed by atoms with Crippen LogP contribution in [0.4, 0.5) is 0 Å². The molecule has 0 spiro atoms. The number of allylic oxidation sites excluding steroid dienone is 1. The topological polar surface area (TPSA) is 211 Å². The second-order valence-electron chi connectivity index (χ2n) is 8.59. The van der Waals surface area contributed by atoms with Gasteiger partial charge < -0.3 is 54.4 Å². The molecule has 1 aliphatic rings. The van der Waals surface area contributed by atoms with Gasteiger partial charge in [-0.15, -0.1) is 0 Å². The zero-order chi connectivity index (χ0) is 33.2. The molecule has 0 aromatic heterocycles. The lowest BCUT2D eigenvalue weighted by molar-refractivity contribution is -0.139. The van der Waals surface area contributed by atoms with E-state index in [4.69, 9.17) is 49.1 Å². The Hall–Kier alpha value is -4.60. The smallest absolute Gasteiger partial charge is 0.336 e. The Balaban J connectivity index is 0.00000106. The van der Waals surface area contributed by atoms with Crippen LogP contribution >= 0.6 is 0 Å². The quantitative estimate of drug-likeness (QED) is 0.116. The number of benzene rings is 1. The third-order valence-electron chi connectivity index (χ3n) is 5.84. The molecule has 0 unspecified atom stereocenters. The lowest BCUT2D eigenvalue weighted by atomic mass is 9.79. The predicted molar refractivity (Wildman–Crippen MR) is 155 cm³/mol. The van der Waals surface area contributed by atoms with Gasteiger partial charge in [0.15, 0.2) is 11.5 Å². The Morgan fingerprint density at radius 3 is 1.98 bits per heavy atom. The van der Waals surface area contributed by atoms with E-state index in [0.29, 0.717) is 66.1 Å². The second-order valence-corrected chi connectivity index (χ2v) is 8.59. The molecule has 0 fully saturated rings. The summed E-state index contributed by atoms with van der Waals surface area (Å²) in [5.74, 6) is -3.60. The van der Waals surface area contributed by atoms with Crippen LogP contribution in [0.5, 0.6) is 17.2 Å². The van der Waals surface area contributed by atoms with Crippen LogP contribution in [-0.4, -0.2) is 102 Å². The summed E-state index contributed by atoms with van der Waals surface area (Å²) in [5.41, 5.74) is 7.28. The van der Waals surface area contributed by atoms with Crippen molar-refractivity contribution in [1.29, 1.82) is 0 Å². The Bertz CT molecular complexity index is 1240. The summed E-state index contributed by atoms with van der Waals surface area (Å²) in [6, 6.07) is 3.39. The number of dihydropyridines is 1. The normalized spacial score (nSPS) is 14.3. The molecule has 15 nitrogen and oxygen atoms in total. The van der Waals surface area contributed by atoms with Crippen LogP contribution in [-0.2, 0) is 38.1 Å². The molecule has 1 atom stereocenters. The molecule has 0 saturated heterocycles. The Morgan fingerprint density at radius 2 is 1.48 bits per heavy atom. The summed E-state index contributed by atoms with van der Waals surface area (Å²) >= 11 is 0. The van der Waals surface area contributed by atoms with Gasteiger partial charge in [-0.3, -0.25) is 0 Å². The van der Waals surface area contributed by atoms with Crippen LogP contribution in [0.25, 0.3) is 0 Å². The van der Waals surface area contributed by atoms with Gasteiger partial charge in [-0.1, -0.05) is 6.07 Å². The van der Waals surface area contributed by atoms with Gasteiger partial charge in [0, 0.05) is 30.0 Å².